The molecule has 0 saturated heterocycles. The van der Waals surface area contributed by atoms with Crippen molar-refractivity contribution in [2.75, 3.05) is 14.1 Å². The molecule has 1 aliphatic carbocycles. The average Bonchev–Trinajstić information content (AvgIpc) is 2.44. The van der Waals surface area contributed by atoms with Gasteiger partial charge in [-0.15, -0.1) is 0 Å². The van der Waals surface area contributed by atoms with Crippen LogP contribution in [0, 0.1) is 12.3 Å². The monoisotopic (exact) mass is 326 g/mol. The van der Waals surface area contributed by atoms with Gasteiger partial charge in [-0.05, 0) is 29.9 Å². The zero-order valence-electron chi connectivity index (χ0n) is 15.2. The Labute approximate surface area is 144 Å². The average molecular weight is 326 g/mol. The Balaban J connectivity index is 2.19. The number of carbonyl (C=O) groups excluding carboxylic acids is 2. The van der Waals surface area contributed by atoms with Crippen LogP contribution in [0.5, 0.6) is 0 Å². The second-order valence-electron chi connectivity index (χ2n) is 7.97. The quantitative estimate of drug-likeness (QED) is 0.836. The molecule has 1 aromatic carbocycles. The molecule has 0 saturated carbocycles. The summed E-state index contributed by atoms with van der Waals surface area (Å²) in [6.07, 6.45) is 1.65. The van der Waals surface area contributed by atoms with Crippen LogP contribution >= 0.6 is 0 Å². The van der Waals surface area contributed by atoms with E-state index in [1.165, 1.54) is 0 Å². The van der Waals surface area contributed by atoms with E-state index in [1.807, 2.05) is 26.2 Å². The summed E-state index contributed by atoms with van der Waals surface area (Å²) in [4.78, 5) is 25.8. The fraction of sp³-hybridized carbons (Fsp3) is 0.500. The van der Waals surface area contributed by atoms with Crippen molar-refractivity contribution in [2.24, 2.45) is 5.41 Å². The van der Waals surface area contributed by atoms with Crippen LogP contribution < -0.4 is 0 Å². The van der Waals surface area contributed by atoms with Gasteiger partial charge in [0.15, 0.2) is 5.78 Å². The molecule has 1 heterocycles. The molecular weight excluding hydrogens is 300 g/mol. The van der Waals surface area contributed by atoms with Gasteiger partial charge in [0.1, 0.15) is 0 Å². The third-order valence-corrected chi connectivity index (χ3v) is 5.08. The van der Waals surface area contributed by atoms with Crippen molar-refractivity contribution >= 4 is 11.7 Å². The Morgan fingerprint density at radius 2 is 1.79 bits per heavy atom. The summed E-state index contributed by atoms with van der Waals surface area (Å²) < 4.78 is 0. The lowest BCUT2D eigenvalue weighted by Gasteiger charge is -2.45. The number of nitrogens with zero attached hydrogens (tertiary/aromatic N) is 2. The highest BCUT2D eigenvalue weighted by Crippen LogP contribution is 2.47. The van der Waals surface area contributed by atoms with Crippen LogP contribution in [-0.2, 0) is 9.59 Å². The van der Waals surface area contributed by atoms with Crippen LogP contribution in [0.25, 0.3) is 0 Å². The lowest BCUT2D eigenvalue weighted by atomic mass is 9.69. The Morgan fingerprint density at radius 3 is 2.42 bits per heavy atom. The Hall–Kier alpha value is -1.94. The largest absolute Gasteiger partial charge is 0.294 e. The lowest BCUT2D eigenvalue weighted by molar-refractivity contribution is -0.143. The maximum absolute atomic E-state index is 13.0. The van der Waals surface area contributed by atoms with E-state index >= 15 is 0 Å². The maximum Gasteiger partial charge on any atom is 0.242 e. The summed E-state index contributed by atoms with van der Waals surface area (Å²) >= 11 is 0. The first kappa shape index (κ1) is 16.9. The summed E-state index contributed by atoms with van der Waals surface area (Å²) in [6.45, 7) is 6.25. The molecule has 1 aromatic rings. The van der Waals surface area contributed by atoms with Crippen molar-refractivity contribution in [3.05, 3.63) is 46.7 Å². The zero-order valence-corrected chi connectivity index (χ0v) is 15.2. The Morgan fingerprint density at radius 1 is 1.12 bits per heavy atom. The molecule has 4 heteroatoms. The maximum atomic E-state index is 13.0. The number of rotatable bonds is 2. The van der Waals surface area contributed by atoms with E-state index < -0.39 is 0 Å². The smallest absolute Gasteiger partial charge is 0.242 e. The second kappa shape index (κ2) is 5.85. The van der Waals surface area contributed by atoms with E-state index in [1.54, 1.807) is 10.0 Å². The molecule has 128 valence electrons. The number of hydrogen-bond acceptors (Lipinski definition) is 3. The predicted octanol–water partition coefficient (Wildman–Crippen LogP) is 3.43. The van der Waals surface area contributed by atoms with Crippen LogP contribution in [0.15, 0.2) is 35.5 Å². The third-order valence-electron chi connectivity index (χ3n) is 5.08. The minimum absolute atomic E-state index is 0.0671. The van der Waals surface area contributed by atoms with E-state index in [4.69, 9.17) is 0 Å². The minimum Gasteiger partial charge on any atom is -0.294 e. The molecule has 1 aliphatic heterocycles. The molecule has 3 rings (SSSR count). The summed E-state index contributed by atoms with van der Waals surface area (Å²) in [5.74, 6) is 0.139. The van der Waals surface area contributed by atoms with Gasteiger partial charge in [-0.3, -0.25) is 9.59 Å². The van der Waals surface area contributed by atoms with Crippen LogP contribution in [-0.4, -0.2) is 35.8 Å². The molecule has 0 spiro atoms. The van der Waals surface area contributed by atoms with E-state index in [2.05, 4.69) is 32.9 Å². The molecule has 1 atom stereocenters. The molecule has 0 bridgehead atoms. The molecule has 0 N–H and O–H groups in total. The molecular formula is C20H26N2O2. The van der Waals surface area contributed by atoms with E-state index in [-0.39, 0.29) is 23.0 Å². The topological polar surface area (TPSA) is 40.6 Å². The number of carbonyl (C=O) groups is 2. The highest BCUT2D eigenvalue weighted by atomic mass is 16.2. The van der Waals surface area contributed by atoms with Gasteiger partial charge in [0, 0.05) is 44.1 Å². The number of amides is 1. The lowest BCUT2D eigenvalue weighted by Crippen LogP contribution is -2.49. The first-order chi connectivity index (χ1) is 11.2. The van der Waals surface area contributed by atoms with Crippen molar-refractivity contribution in [2.45, 2.75) is 46.0 Å². The van der Waals surface area contributed by atoms with Gasteiger partial charge in [0.05, 0.1) is 0 Å². The summed E-state index contributed by atoms with van der Waals surface area (Å²) in [5, 5.41) is 3.52. The molecule has 4 nitrogen and oxygen atoms in total. The van der Waals surface area contributed by atoms with E-state index in [0.29, 0.717) is 12.8 Å². The number of ketones is 1. The van der Waals surface area contributed by atoms with Crippen LogP contribution in [0.2, 0.25) is 0 Å². The number of benzene rings is 1. The summed E-state index contributed by atoms with van der Waals surface area (Å²) in [5.41, 5.74) is 3.86. The molecule has 1 unspecified atom stereocenters. The zero-order chi connectivity index (χ0) is 17.6. The highest BCUT2D eigenvalue weighted by Gasteiger charge is 2.44. The molecule has 24 heavy (non-hydrogen) atoms. The van der Waals surface area contributed by atoms with Gasteiger partial charge < -0.3 is 0 Å². The van der Waals surface area contributed by atoms with Crippen LogP contribution in [0.4, 0.5) is 0 Å². The number of hydrazine groups is 1. The molecule has 1 amide bonds. The highest BCUT2D eigenvalue weighted by molar-refractivity contribution is 6.02. The van der Waals surface area contributed by atoms with Gasteiger partial charge in [-0.2, -0.15) is 0 Å². The second-order valence-corrected chi connectivity index (χ2v) is 7.97. The SMILES string of the molecule is Cc1ccccc1C1CC(=O)N(N(C)C)C2=C1C(=O)CC(C)(C)C2. The van der Waals surface area contributed by atoms with Crippen molar-refractivity contribution < 1.29 is 9.59 Å². The summed E-state index contributed by atoms with van der Waals surface area (Å²) in [7, 11) is 3.73. The molecule has 2 aliphatic rings. The fourth-order valence-corrected chi connectivity index (χ4v) is 4.11. The van der Waals surface area contributed by atoms with Gasteiger partial charge in [-0.1, -0.05) is 38.1 Å². The first-order valence-electron chi connectivity index (χ1n) is 8.53. The van der Waals surface area contributed by atoms with Crippen molar-refractivity contribution in [3.8, 4) is 0 Å². The first-order valence-corrected chi connectivity index (χ1v) is 8.53. The third kappa shape index (κ3) is 2.80. The summed E-state index contributed by atoms with van der Waals surface area (Å²) in [6, 6.07) is 8.09. The Kier molecular flexibility index (Phi) is 4.12. The van der Waals surface area contributed by atoms with Crippen LogP contribution in [0.1, 0.15) is 50.2 Å². The van der Waals surface area contributed by atoms with Crippen molar-refractivity contribution in [1.29, 1.82) is 0 Å². The standard InChI is InChI=1S/C20H26N2O2/c1-13-8-6-7-9-14(13)15-10-18(24)22(21(4)5)16-11-20(2,3)12-17(23)19(15)16/h6-9,15H,10-12H2,1-5H3. The van der Waals surface area contributed by atoms with Gasteiger partial charge in [-0.25, -0.2) is 10.0 Å². The Bertz CT molecular complexity index is 731. The molecule has 0 fully saturated rings. The molecule has 0 radical (unpaired) electrons. The van der Waals surface area contributed by atoms with Crippen molar-refractivity contribution in [3.63, 3.8) is 0 Å². The van der Waals surface area contributed by atoms with Crippen molar-refractivity contribution in [1.82, 2.24) is 10.0 Å². The number of Topliss-reactive ketones (excluding diaryl/α,β-unsaturated/α-hetero) is 1. The van der Waals surface area contributed by atoms with E-state index in [0.717, 1.165) is 28.8 Å². The van der Waals surface area contributed by atoms with Gasteiger partial charge in [0.2, 0.25) is 5.91 Å². The number of hydrogen-bond donors (Lipinski definition) is 0. The van der Waals surface area contributed by atoms with Gasteiger partial charge in [0.25, 0.3) is 0 Å². The van der Waals surface area contributed by atoms with Crippen LogP contribution in [0.3, 0.4) is 0 Å². The number of allylic oxidation sites excluding steroid dienone is 2. The molecule has 0 aromatic heterocycles. The number of aryl methyl sites for hydroxylation is 1. The van der Waals surface area contributed by atoms with E-state index in [9.17, 15) is 9.59 Å². The predicted molar refractivity (Wildman–Crippen MR) is 94.1 cm³/mol. The van der Waals surface area contributed by atoms with Gasteiger partial charge >= 0.3 is 0 Å². The normalized spacial score (nSPS) is 23.8. The fourth-order valence-electron chi connectivity index (χ4n) is 4.11. The minimum atomic E-state index is -0.117.